The van der Waals surface area contributed by atoms with Crippen molar-refractivity contribution in [1.82, 2.24) is 0 Å². The third-order valence-corrected chi connectivity index (χ3v) is 2.91. The van der Waals surface area contributed by atoms with Gasteiger partial charge in [0.25, 0.3) is 0 Å². The summed E-state index contributed by atoms with van der Waals surface area (Å²) in [5.74, 6) is -0.201. The van der Waals surface area contributed by atoms with Crippen LogP contribution in [-0.4, -0.2) is 30.8 Å². The van der Waals surface area contributed by atoms with Gasteiger partial charge >= 0.3 is 5.97 Å². The van der Waals surface area contributed by atoms with Gasteiger partial charge in [0.05, 0.1) is 23.5 Å². The molecule has 1 aliphatic carbocycles. The van der Waals surface area contributed by atoms with E-state index in [1.807, 2.05) is 0 Å². The van der Waals surface area contributed by atoms with Crippen LogP contribution in [0, 0.1) is 5.92 Å². The standard InChI is InChI=1S/C13H18N2O3/c14-11-4-3-10(13(16)17)7-12(11)15-5-6-18-8-9-1-2-9/h3-4,7,9,15H,1-2,5-6,8,14H2,(H,16,17). The molecular formula is C13H18N2O3. The maximum Gasteiger partial charge on any atom is 0.335 e. The van der Waals surface area contributed by atoms with Crippen LogP contribution in [0.4, 0.5) is 11.4 Å². The number of carboxylic acids is 1. The number of aromatic carboxylic acids is 1. The third kappa shape index (κ3) is 3.63. The SMILES string of the molecule is Nc1ccc(C(=O)O)cc1NCCOCC1CC1. The molecule has 0 atom stereocenters. The summed E-state index contributed by atoms with van der Waals surface area (Å²) >= 11 is 0. The van der Waals surface area contributed by atoms with E-state index >= 15 is 0 Å². The van der Waals surface area contributed by atoms with Crippen molar-refractivity contribution in [3.05, 3.63) is 23.8 Å². The Morgan fingerprint density at radius 1 is 1.50 bits per heavy atom. The highest BCUT2D eigenvalue weighted by Gasteiger charge is 2.20. The van der Waals surface area contributed by atoms with Gasteiger partial charge in [-0.15, -0.1) is 0 Å². The largest absolute Gasteiger partial charge is 0.478 e. The molecule has 0 radical (unpaired) electrons. The van der Waals surface area contributed by atoms with E-state index in [0.29, 0.717) is 24.5 Å². The first-order valence-corrected chi connectivity index (χ1v) is 6.11. The van der Waals surface area contributed by atoms with Gasteiger partial charge in [0.15, 0.2) is 0 Å². The lowest BCUT2D eigenvalue weighted by Crippen LogP contribution is -2.12. The van der Waals surface area contributed by atoms with Crippen molar-refractivity contribution in [2.24, 2.45) is 5.92 Å². The number of nitrogens with one attached hydrogen (secondary N) is 1. The summed E-state index contributed by atoms with van der Waals surface area (Å²) in [5, 5.41) is 12.0. The van der Waals surface area contributed by atoms with Gasteiger partial charge in [0.2, 0.25) is 0 Å². The van der Waals surface area contributed by atoms with E-state index in [0.717, 1.165) is 12.5 Å². The summed E-state index contributed by atoms with van der Waals surface area (Å²) in [6, 6.07) is 4.63. The Kier molecular flexibility index (Phi) is 4.04. The van der Waals surface area contributed by atoms with Crippen LogP contribution in [0.3, 0.4) is 0 Å². The summed E-state index contributed by atoms with van der Waals surface area (Å²) in [6.45, 7) is 2.06. The van der Waals surface area contributed by atoms with Gasteiger partial charge in [0.1, 0.15) is 0 Å². The highest BCUT2D eigenvalue weighted by molar-refractivity contribution is 5.90. The number of carbonyl (C=O) groups is 1. The molecule has 1 aromatic rings. The Balaban J connectivity index is 1.79. The molecule has 0 unspecified atom stereocenters. The number of anilines is 2. The number of hydrogen-bond donors (Lipinski definition) is 3. The van der Waals surface area contributed by atoms with E-state index in [9.17, 15) is 4.79 Å². The van der Waals surface area contributed by atoms with Crippen LogP contribution >= 0.6 is 0 Å². The van der Waals surface area contributed by atoms with Crippen molar-refractivity contribution < 1.29 is 14.6 Å². The molecule has 0 saturated heterocycles. The number of rotatable bonds is 7. The van der Waals surface area contributed by atoms with E-state index in [1.165, 1.54) is 18.9 Å². The van der Waals surface area contributed by atoms with Gasteiger partial charge < -0.3 is 20.9 Å². The molecule has 1 aromatic carbocycles. The quantitative estimate of drug-likeness (QED) is 0.507. The number of ether oxygens (including phenoxy) is 1. The van der Waals surface area contributed by atoms with Gasteiger partial charge in [-0.25, -0.2) is 4.79 Å². The minimum Gasteiger partial charge on any atom is -0.478 e. The van der Waals surface area contributed by atoms with Crippen LogP contribution in [0.2, 0.25) is 0 Å². The zero-order valence-corrected chi connectivity index (χ0v) is 10.2. The monoisotopic (exact) mass is 250 g/mol. The zero-order valence-electron chi connectivity index (χ0n) is 10.2. The topological polar surface area (TPSA) is 84.6 Å². The molecule has 0 spiro atoms. The van der Waals surface area contributed by atoms with E-state index in [4.69, 9.17) is 15.6 Å². The lowest BCUT2D eigenvalue weighted by molar-refractivity contribution is 0.0697. The fraction of sp³-hybridized carbons (Fsp3) is 0.462. The summed E-state index contributed by atoms with van der Waals surface area (Å²) in [6.07, 6.45) is 2.56. The molecule has 98 valence electrons. The summed E-state index contributed by atoms with van der Waals surface area (Å²) in [4.78, 5) is 10.8. The van der Waals surface area contributed by atoms with Crippen LogP contribution < -0.4 is 11.1 Å². The number of hydrogen-bond acceptors (Lipinski definition) is 4. The first-order valence-electron chi connectivity index (χ1n) is 6.11. The maximum atomic E-state index is 10.8. The zero-order chi connectivity index (χ0) is 13.0. The van der Waals surface area contributed by atoms with Crippen molar-refractivity contribution in [3.8, 4) is 0 Å². The molecule has 2 rings (SSSR count). The predicted molar refractivity (Wildman–Crippen MR) is 69.8 cm³/mol. The first kappa shape index (κ1) is 12.7. The predicted octanol–water partition coefficient (Wildman–Crippen LogP) is 1.81. The molecule has 5 nitrogen and oxygen atoms in total. The van der Waals surface area contributed by atoms with E-state index in [2.05, 4.69) is 5.32 Å². The highest BCUT2D eigenvalue weighted by Crippen LogP contribution is 2.28. The summed E-state index contributed by atoms with van der Waals surface area (Å²) in [5.41, 5.74) is 7.18. The minimum absolute atomic E-state index is 0.227. The Morgan fingerprint density at radius 3 is 2.94 bits per heavy atom. The number of benzene rings is 1. The molecule has 1 fully saturated rings. The summed E-state index contributed by atoms with van der Waals surface area (Å²) < 4.78 is 5.48. The second-order valence-electron chi connectivity index (χ2n) is 4.55. The molecule has 0 aliphatic heterocycles. The minimum atomic E-state index is -0.956. The van der Waals surface area contributed by atoms with Gasteiger partial charge in [-0.3, -0.25) is 0 Å². The Morgan fingerprint density at radius 2 is 2.28 bits per heavy atom. The Labute approximate surface area is 106 Å². The van der Waals surface area contributed by atoms with Crippen molar-refractivity contribution in [3.63, 3.8) is 0 Å². The van der Waals surface area contributed by atoms with Crippen molar-refractivity contribution in [2.45, 2.75) is 12.8 Å². The van der Waals surface area contributed by atoms with Gasteiger partial charge in [0, 0.05) is 13.2 Å². The lowest BCUT2D eigenvalue weighted by atomic mass is 10.1. The molecule has 1 aliphatic rings. The highest BCUT2D eigenvalue weighted by atomic mass is 16.5. The van der Waals surface area contributed by atoms with Gasteiger partial charge in [-0.2, -0.15) is 0 Å². The maximum absolute atomic E-state index is 10.8. The van der Waals surface area contributed by atoms with Crippen molar-refractivity contribution >= 4 is 17.3 Å². The van der Waals surface area contributed by atoms with Gasteiger partial charge in [-0.1, -0.05) is 0 Å². The van der Waals surface area contributed by atoms with E-state index in [-0.39, 0.29) is 5.56 Å². The van der Waals surface area contributed by atoms with Crippen LogP contribution in [0.15, 0.2) is 18.2 Å². The molecule has 0 bridgehead atoms. The van der Waals surface area contributed by atoms with Crippen LogP contribution in [0.5, 0.6) is 0 Å². The third-order valence-electron chi connectivity index (χ3n) is 2.91. The number of carboxylic acid groups (broad SMARTS) is 1. The van der Waals surface area contributed by atoms with E-state index < -0.39 is 5.97 Å². The fourth-order valence-corrected chi connectivity index (χ4v) is 1.63. The molecule has 0 amide bonds. The average Bonchev–Trinajstić information content (AvgIpc) is 3.14. The van der Waals surface area contributed by atoms with E-state index in [1.54, 1.807) is 12.1 Å². The summed E-state index contributed by atoms with van der Waals surface area (Å²) in [7, 11) is 0. The molecule has 5 heteroatoms. The van der Waals surface area contributed by atoms with Crippen LogP contribution in [0.1, 0.15) is 23.2 Å². The van der Waals surface area contributed by atoms with Crippen LogP contribution in [-0.2, 0) is 4.74 Å². The molecule has 1 saturated carbocycles. The Hall–Kier alpha value is -1.75. The fourth-order valence-electron chi connectivity index (χ4n) is 1.63. The lowest BCUT2D eigenvalue weighted by Gasteiger charge is -2.10. The normalized spacial score (nSPS) is 14.4. The first-order chi connectivity index (χ1) is 8.66. The molecule has 18 heavy (non-hydrogen) atoms. The smallest absolute Gasteiger partial charge is 0.335 e. The molecule has 0 heterocycles. The molecule has 0 aromatic heterocycles. The van der Waals surface area contributed by atoms with Crippen molar-refractivity contribution in [2.75, 3.05) is 30.8 Å². The second-order valence-corrected chi connectivity index (χ2v) is 4.55. The van der Waals surface area contributed by atoms with Gasteiger partial charge in [-0.05, 0) is 37.0 Å². The number of nitrogen functional groups attached to an aromatic ring is 1. The molecule has 4 N–H and O–H groups in total. The van der Waals surface area contributed by atoms with Crippen molar-refractivity contribution in [1.29, 1.82) is 0 Å². The number of nitrogens with two attached hydrogens (primary N) is 1. The van der Waals surface area contributed by atoms with Crippen LogP contribution in [0.25, 0.3) is 0 Å². The average molecular weight is 250 g/mol. The Bertz CT molecular complexity index is 430. The molecular weight excluding hydrogens is 232 g/mol. The second kappa shape index (κ2) is 5.73.